The van der Waals surface area contributed by atoms with Crippen molar-refractivity contribution in [2.24, 2.45) is 0 Å². The molecule has 0 aliphatic rings. The van der Waals surface area contributed by atoms with Crippen molar-refractivity contribution in [1.82, 2.24) is 4.98 Å². The largest absolute Gasteiger partial charge is 0.444 e. The Bertz CT molecular complexity index is 454. The highest BCUT2D eigenvalue weighted by atomic mass is 16.5. The summed E-state index contributed by atoms with van der Waals surface area (Å²) in [6.07, 6.45) is 3.14. The number of hydrogen-bond acceptors (Lipinski definition) is 4. The Morgan fingerprint density at radius 2 is 2.35 bits per heavy atom. The van der Waals surface area contributed by atoms with Gasteiger partial charge in [0.2, 0.25) is 0 Å². The average molecular weight is 232 g/mol. The van der Waals surface area contributed by atoms with Gasteiger partial charge >= 0.3 is 0 Å². The molecule has 0 amide bonds. The Morgan fingerprint density at radius 3 is 3.06 bits per heavy atom. The topological polar surface area (TPSA) is 47.3 Å². The number of hydrogen-bond donors (Lipinski definition) is 1. The molecule has 90 valence electrons. The molecule has 1 aromatic carbocycles. The second kappa shape index (κ2) is 5.50. The van der Waals surface area contributed by atoms with Crippen LogP contribution < -0.4 is 5.32 Å². The first kappa shape index (κ1) is 11.7. The molecule has 0 radical (unpaired) electrons. The first-order valence-corrected chi connectivity index (χ1v) is 5.54. The summed E-state index contributed by atoms with van der Waals surface area (Å²) in [5.41, 5.74) is 2.06. The summed E-state index contributed by atoms with van der Waals surface area (Å²) < 4.78 is 10.4. The summed E-state index contributed by atoms with van der Waals surface area (Å²) in [6.45, 7) is 2.75. The highest BCUT2D eigenvalue weighted by molar-refractivity contribution is 5.63. The number of anilines is 1. The molecule has 0 fully saturated rings. The maximum atomic E-state index is 5.26. The molecular formula is C13H16N2O2. The minimum absolute atomic E-state index is 0.268. The standard InChI is InChI=1S/C13H16N2O2/c1-10(8-16-2)15-12-5-3-4-11(6-12)13-7-14-9-17-13/h3-7,9-10,15H,8H2,1-2H3. The highest BCUT2D eigenvalue weighted by Crippen LogP contribution is 2.22. The summed E-state index contributed by atoms with van der Waals surface area (Å²) in [4.78, 5) is 3.91. The number of rotatable bonds is 5. The molecule has 0 aliphatic heterocycles. The maximum Gasteiger partial charge on any atom is 0.181 e. The first-order chi connectivity index (χ1) is 8.29. The fourth-order valence-electron chi connectivity index (χ4n) is 1.70. The van der Waals surface area contributed by atoms with Gasteiger partial charge in [-0.05, 0) is 19.1 Å². The van der Waals surface area contributed by atoms with E-state index in [1.165, 1.54) is 6.39 Å². The van der Waals surface area contributed by atoms with E-state index in [1.807, 2.05) is 24.3 Å². The molecule has 0 saturated carbocycles. The SMILES string of the molecule is COCC(C)Nc1cccc(-c2cnco2)c1. The molecule has 4 nitrogen and oxygen atoms in total. The molecule has 1 aromatic heterocycles. The van der Waals surface area contributed by atoms with E-state index >= 15 is 0 Å². The molecule has 1 N–H and O–H groups in total. The minimum atomic E-state index is 0.268. The molecule has 4 heteroatoms. The summed E-state index contributed by atoms with van der Waals surface area (Å²) in [7, 11) is 1.70. The van der Waals surface area contributed by atoms with Crippen LogP contribution in [0.3, 0.4) is 0 Å². The Hall–Kier alpha value is -1.81. The monoisotopic (exact) mass is 232 g/mol. The fourth-order valence-corrected chi connectivity index (χ4v) is 1.70. The van der Waals surface area contributed by atoms with E-state index in [9.17, 15) is 0 Å². The Balaban J connectivity index is 2.12. The molecule has 2 rings (SSSR count). The predicted octanol–water partition coefficient (Wildman–Crippen LogP) is 2.79. The van der Waals surface area contributed by atoms with E-state index in [1.54, 1.807) is 13.3 Å². The van der Waals surface area contributed by atoms with Crippen LogP contribution in [-0.2, 0) is 4.74 Å². The number of nitrogens with one attached hydrogen (secondary N) is 1. The number of benzene rings is 1. The third kappa shape index (κ3) is 3.07. The second-order valence-electron chi connectivity index (χ2n) is 3.95. The van der Waals surface area contributed by atoms with Crippen LogP contribution in [0.1, 0.15) is 6.92 Å². The fraction of sp³-hybridized carbons (Fsp3) is 0.308. The van der Waals surface area contributed by atoms with Gasteiger partial charge in [0.05, 0.1) is 12.8 Å². The van der Waals surface area contributed by atoms with Crippen molar-refractivity contribution in [3.05, 3.63) is 36.9 Å². The Kier molecular flexibility index (Phi) is 3.77. The molecule has 1 atom stereocenters. The van der Waals surface area contributed by atoms with Gasteiger partial charge < -0.3 is 14.5 Å². The van der Waals surface area contributed by atoms with Crippen molar-refractivity contribution in [1.29, 1.82) is 0 Å². The van der Waals surface area contributed by atoms with Crippen molar-refractivity contribution in [2.45, 2.75) is 13.0 Å². The molecule has 0 saturated heterocycles. The van der Waals surface area contributed by atoms with Gasteiger partial charge in [-0.25, -0.2) is 4.98 Å². The van der Waals surface area contributed by atoms with E-state index in [-0.39, 0.29) is 6.04 Å². The number of aromatic nitrogens is 1. The van der Waals surface area contributed by atoms with Crippen molar-refractivity contribution in [3.63, 3.8) is 0 Å². The van der Waals surface area contributed by atoms with Crippen LogP contribution >= 0.6 is 0 Å². The zero-order valence-corrected chi connectivity index (χ0v) is 10.0. The van der Waals surface area contributed by atoms with Gasteiger partial charge in [0.15, 0.2) is 12.2 Å². The van der Waals surface area contributed by atoms with Crippen molar-refractivity contribution >= 4 is 5.69 Å². The quantitative estimate of drug-likeness (QED) is 0.861. The normalized spacial score (nSPS) is 12.4. The van der Waals surface area contributed by atoms with Crippen LogP contribution in [0.5, 0.6) is 0 Å². The minimum Gasteiger partial charge on any atom is -0.444 e. The lowest BCUT2D eigenvalue weighted by Gasteiger charge is -2.14. The van der Waals surface area contributed by atoms with Gasteiger partial charge in [-0.3, -0.25) is 0 Å². The van der Waals surface area contributed by atoms with Crippen LogP contribution in [0.4, 0.5) is 5.69 Å². The second-order valence-corrected chi connectivity index (χ2v) is 3.95. The van der Waals surface area contributed by atoms with E-state index in [0.717, 1.165) is 17.0 Å². The predicted molar refractivity (Wildman–Crippen MR) is 66.9 cm³/mol. The molecule has 1 heterocycles. The van der Waals surface area contributed by atoms with E-state index in [0.29, 0.717) is 6.61 Å². The lowest BCUT2D eigenvalue weighted by molar-refractivity contribution is 0.190. The smallest absolute Gasteiger partial charge is 0.181 e. The van der Waals surface area contributed by atoms with Gasteiger partial charge in [0.1, 0.15) is 0 Å². The number of methoxy groups -OCH3 is 1. The molecule has 0 aliphatic carbocycles. The van der Waals surface area contributed by atoms with Gasteiger partial charge in [-0.2, -0.15) is 0 Å². The van der Waals surface area contributed by atoms with E-state index in [4.69, 9.17) is 9.15 Å². The zero-order chi connectivity index (χ0) is 12.1. The highest BCUT2D eigenvalue weighted by Gasteiger charge is 2.04. The van der Waals surface area contributed by atoms with Crippen LogP contribution in [0.15, 0.2) is 41.3 Å². The number of ether oxygens (including phenoxy) is 1. The number of nitrogens with zero attached hydrogens (tertiary/aromatic N) is 1. The molecule has 0 spiro atoms. The van der Waals surface area contributed by atoms with Gasteiger partial charge in [0.25, 0.3) is 0 Å². The van der Waals surface area contributed by atoms with Crippen molar-refractivity contribution < 1.29 is 9.15 Å². The Morgan fingerprint density at radius 1 is 1.47 bits per heavy atom. The summed E-state index contributed by atoms with van der Waals surface area (Å²) in [5.74, 6) is 0.771. The van der Waals surface area contributed by atoms with Crippen molar-refractivity contribution in [2.75, 3.05) is 19.0 Å². The van der Waals surface area contributed by atoms with Crippen LogP contribution in [-0.4, -0.2) is 24.7 Å². The van der Waals surface area contributed by atoms with Crippen LogP contribution in [0, 0.1) is 0 Å². The molecule has 1 unspecified atom stereocenters. The lowest BCUT2D eigenvalue weighted by Crippen LogP contribution is -2.20. The first-order valence-electron chi connectivity index (χ1n) is 5.54. The molecule has 17 heavy (non-hydrogen) atoms. The third-order valence-corrected chi connectivity index (χ3v) is 2.41. The molecule has 2 aromatic rings. The summed E-state index contributed by atoms with van der Waals surface area (Å²) in [5, 5.41) is 3.36. The van der Waals surface area contributed by atoms with E-state index in [2.05, 4.69) is 17.2 Å². The molecular weight excluding hydrogens is 216 g/mol. The van der Waals surface area contributed by atoms with Gasteiger partial charge in [0, 0.05) is 24.4 Å². The van der Waals surface area contributed by atoms with Gasteiger partial charge in [-0.15, -0.1) is 0 Å². The van der Waals surface area contributed by atoms with Gasteiger partial charge in [-0.1, -0.05) is 12.1 Å². The lowest BCUT2D eigenvalue weighted by atomic mass is 10.1. The Labute approximate surface area is 101 Å². The molecule has 0 bridgehead atoms. The summed E-state index contributed by atoms with van der Waals surface area (Å²) in [6, 6.07) is 8.30. The van der Waals surface area contributed by atoms with Crippen LogP contribution in [0.25, 0.3) is 11.3 Å². The maximum absolute atomic E-state index is 5.26. The third-order valence-electron chi connectivity index (χ3n) is 2.41. The number of oxazole rings is 1. The average Bonchev–Trinajstić information content (AvgIpc) is 2.83. The van der Waals surface area contributed by atoms with E-state index < -0.39 is 0 Å². The summed E-state index contributed by atoms with van der Waals surface area (Å²) >= 11 is 0. The van der Waals surface area contributed by atoms with Crippen molar-refractivity contribution in [3.8, 4) is 11.3 Å². The van der Waals surface area contributed by atoms with Crippen LogP contribution in [0.2, 0.25) is 0 Å². The zero-order valence-electron chi connectivity index (χ0n) is 10.0.